The van der Waals surface area contributed by atoms with Gasteiger partial charge in [0.2, 0.25) is 11.8 Å². The van der Waals surface area contributed by atoms with Crippen LogP contribution in [0.25, 0.3) is 0 Å². The molecule has 1 atom stereocenters. The van der Waals surface area contributed by atoms with Crippen molar-refractivity contribution in [3.05, 3.63) is 107 Å². The summed E-state index contributed by atoms with van der Waals surface area (Å²) in [6, 6.07) is 27.2. The highest BCUT2D eigenvalue weighted by atomic mass is 16.2. The van der Waals surface area contributed by atoms with Gasteiger partial charge in [-0.3, -0.25) is 9.59 Å². The zero-order chi connectivity index (χ0) is 22.8. The number of carbonyl (C=O) groups excluding carboxylic acids is 2. The maximum atomic E-state index is 13.5. The molecule has 0 radical (unpaired) electrons. The second-order valence-electron chi connectivity index (χ2n) is 8.17. The third-order valence-electron chi connectivity index (χ3n) is 5.49. The Bertz CT molecular complexity index is 985. The minimum absolute atomic E-state index is 0.0515. The Morgan fingerprint density at radius 1 is 0.812 bits per heavy atom. The third kappa shape index (κ3) is 6.81. The van der Waals surface area contributed by atoms with Gasteiger partial charge in [-0.15, -0.1) is 0 Å². The van der Waals surface area contributed by atoms with Crippen LogP contribution in [0.4, 0.5) is 0 Å². The molecule has 0 aliphatic carbocycles. The minimum Gasteiger partial charge on any atom is -0.354 e. The average Bonchev–Trinajstić information content (AvgIpc) is 2.82. The molecule has 0 aromatic heterocycles. The lowest BCUT2D eigenvalue weighted by atomic mass is 10.0. The fourth-order valence-corrected chi connectivity index (χ4v) is 3.68. The van der Waals surface area contributed by atoms with Gasteiger partial charge in [0.1, 0.15) is 6.04 Å². The Morgan fingerprint density at radius 3 is 2.00 bits per heavy atom. The molecule has 32 heavy (non-hydrogen) atoms. The minimum atomic E-state index is -0.582. The lowest BCUT2D eigenvalue weighted by Gasteiger charge is -2.31. The maximum absolute atomic E-state index is 13.5. The van der Waals surface area contributed by atoms with E-state index in [0.717, 1.165) is 28.7 Å². The Labute approximate surface area is 191 Å². The first kappa shape index (κ1) is 23.3. The van der Waals surface area contributed by atoms with E-state index in [1.165, 1.54) is 0 Å². The van der Waals surface area contributed by atoms with Gasteiger partial charge in [0, 0.05) is 19.5 Å². The van der Waals surface area contributed by atoms with Crippen LogP contribution < -0.4 is 5.32 Å². The van der Waals surface area contributed by atoms with Gasteiger partial charge >= 0.3 is 0 Å². The van der Waals surface area contributed by atoms with Crippen molar-refractivity contribution in [1.82, 2.24) is 10.2 Å². The largest absolute Gasteiger partial charge is 0.354 e. The standard InChI is InChI=1S/C28H32N2O2/c1-3-18-29-28(32)26(19-23-10-6-4-7-11-23)30(21-25-16-14-22(2)15-17-25)27(31)20-24-12-8-5-9-13-24/h4-17,26H,3,18-21H2,1-2H3,(H,29,32)/t26-/m0/s1. The van der Waals surface area contributed by atoms with Gasteiger partial charge in [-0.05, 0) is 30.0 Å². The van der Waals surface area contributed by atoms with E-state index in [-0.39, 0.29) is 18.2 Å². The Morgan fingerprint density at radius 2 is 1.41 bits per heavy atom. The van der Waals surface area contributed by atoms with Crippen LogP contribution in [0.1, 0.15) is 35.6 Å². The molecule has 2 amide bonds. The van der Waals surface area contributed by atoms with Crippen molar-refractivity contribution >= 4 is 11.8 Å². The zero-order valence-corrected chi connectivity index (χ0v) is 19.0. The topological polar surface area (TPSA) is 49.4 Å². The molecule has 1 N–H and O–H groups in total. The second-order valence-corrected chi connectivity index (χ2v) is 8.17. The normalized spacial score (nSPS) is 11.6. The van der Waals surface area contributed by atoms with Crippen molar-refractivity contribution < 1.29 is 9.59 Å². The number of rotatable bonds is 10. The van der Waals surface area contributed by atoms with E-state index >= 15 is 0 Å². The molecule has 4 heteroatoms. The average molecular weight is 429 g/mol. The quantitative estimate of drug-likeness (QED) is 0.509. The van der Waals surface area contributed by atoms with Crippen molar-refractivity contribution in [3.8, 4) is 0 Å². The van der Waals surface area contributed by atoms with E-state index in [1.807, 2.05) is 98.8 Å². The van der Waals surface area contributed by atoms with Crippen molar-refractivity contribution in [1.29, 1.82) is 0 Å². The van der Waals surface area contributed by atoms with Crippen molar-refractivity contribution in [2.45, 2.75) is 45.7 Å². The summed E-state index contributed by atoms with van der Waals surface area (Å²) < 4.78 is 0. The van der Waals surface area contributed by atoms with E-state index in [4.69, 9.17) is 0 Å². The van der Waals surface area contributed by atoms with Crippen LogP contribution in [0.2, 0.25) is 0 Å². The molecule has 0 saturated carbocycles. The van der Waals surface area contributed by atoms with Gasteiger partial charge in [-0.1, -0.05) is 97.4 Å². The number of amides is 2. The van der Waals surface area contributed by atoms with Crippen LogP contribution in [0.15, 0.2) is 84.9 Å². The van der Waals surface area contributed by atoms with E-state index in [9.17, 15) is 9.59 Å². The molecule has 0 saturated heterocycles. The molecule has 4 nitrogen and oxygen atoms in total. The molecule has 0 unspecified atom stereocenters. The summed E-state index contributed by atoms with van der Waals surface area (Å²) in [5.41, 5.74) is 4.15. The number of nitrogens with one attached hydrogen (secondary N) is 1. The summed E-state index contributed by atoms with van der Waals surface area (Å²) in [5.74, 6) is -0.159. The van der Waals surface area contributed by atoms with Gasteiger partial charge < -0.3 is 10.2 Å². The van der Waals surface area contributed by atoms with Gasteiger partial charge in [0.05, 0.1) is 6.42 Å². The first-order valence-electron chi connectivity index (χ1n) is 11.3. The zero-order valence-electron chi connectivity index (χ0n) is 19.0. The number of hydrogen-bond acceptors (Lipinski definition) is 2. The Kier molecular flexibility index (Phi) is 8.61. The predicted octanol–water partition coefficient (Wildman–Crippen LogP) is 4.70. The summed E-state index contributed by atoms with van der Waals surface area (Å²) in [7, 11) is 0. The molecule has 0 aliphatic rings. The molecule has 166 valence electrons. The highest BCUT2D eigenvalue weighted by Gasteiger charge is 2.30. The molecule has 3 rings (SSSR count). The molecule has 3 aromatic carbocycles. The molecular formula is C28H32N2O2. The Balaban J connectivity index is 1.93. The van der Waals surface area contributed by atoms with E-state index in [1.54, 1.807) is 4.90 Å². The van der Waals surface area contributed by atoms with E-state index in [2.05, 4.69) is 5.32 Å². The molecular weight excluding hydrogens is 396 g/mol. The summed E-state index contributed by atoms with van der Waals surface area (Å²) in [6.07, 6.45) is 1.58. The van der Waals surface area contributed by atoms with Gasteiger partial charge in [-0.25, -0.2) is 0 Å². The maximum Gasteiger partial charge on any atom is 0.243 e. The van der Waals surface area contributed by atoms with E-state index < -0.39 is 6.04 Å². The van der Waals surface area contributed by atoms with Crippen molar-refractivity contribution in [2.75, 3.05) is 6.54 Å². The number of carbonyl (C=O) groups is 2. The molecule has 0 bridgehead atoms. The highest BCUT2D eigenvalue weighted by molar-refractivity contribution is 5.88. The van der Waals surface area contributed by atoms with Gasteiger partial charge in [-0.2, -0.15) is 0 Å². The van der Waals surface area contributed by atoms with Crippen LogP contribution in [0.5, 0.6) is 0 Å². The first-order chi connectivity index (χ1) is 15.6. The van der Waals surface area contributed by atoms with Crippen LogP contribution in [0.3, 0.4) is 0 Å². The lowest BCUT2D eigenvalue weighted by molar-refractivity contribution is -0.140. The molecule has 0 aliphatic heterocycles. The molecule has 0 spiro atoms. The molecule has 3 aromatic rings. The van der Waals surface area contributed by atoms with Crippen LogP contribution in [-0.4, -0.2) is 29.3 Å². The first-order valence-corrected chi connectivity index (χ1v) is 11.3. The van der Waals surface area contributed by atoms with Crippen LogP contribution in [-0.2, 0) is 29.0 Å². The molecule has 0 fully saturated rings. The summed E-state index contributed by atoms with van der Waals surface area (Å²) in [4.78, 5) is 28.5. The van der Waals surface area contributed by atoms with Gasteiger partial charge in [0.25, 0.3) is 0 Å². The van der Waals surface area contributed by atoms with Crippen LogP contribution in [0, 0.1) is 6.92 Å². The summed E-state index contributed by atoms with van der Waals surface area (Å²) in [5, 5.41) is 3.01. The predicted molar refractivity (Wildman–Crippen MR) is 129 cm³/mol. The second kappa shape index (κ2) is 11.8. The number of hydrogen-bond donors (Lipinski definition) is 1. The lowest BCUT2D eigenvalue weighted by Crippen LogP contribution is -2.51. The summed E-state index contributed by atoms with van der Waals surface area (Å²) >= 11 is 0. The third-order valence-corrected chi connectivity index (χ3v) is 5.49. The number of aryl methyl sites for hydroxylation is 1. The monoisotopic (exact) mass is 428 g/mol. The Hall–Kier alpha value is -3.40. The van der Waals surface area contributed by atoms with Crippen molar-refractivity contribution in [3.63, 3.8) is 0 Å². The number of benzene rings is 3. The SMILES string of the molecule is CCCNC(=O)[C@H](Cc1ccccc1)N(Cc1ccc(C)cc1)C(=O)Cc1ccccc1. The van der Waals surface area contributed by atoms with Crippen molar-refractivity contribution in [2.24, 2.45) is 0 Å². The van der Waals surface area contributed by atoms with Crippen LogP contribution >= 0.6 is 0 Å². The summed E-state index contributed by atoms with van der Waals surface area (Å²) in [6.45, 7) is 5.05. The smallest absolute Gasteiger partial charge is 0.243 e. The van der Waals surface area contributed by atoms with Gasteiger partial charge in [0.15, 0.2) is 0 Å². The highest BCUT2D eigenvalue weighted by Crippen LogP contribution is 2.17. The fourth-order valence-electron chi connectivity index (χ4n) is 3.68. The fraction of sp³-hybridized carbons (Fsp3) is 0.286. The van der Waals surface area contributed by atoms with E-state index in [0.29, 0.717) is 19.5 Å². The number of nitrogens with zero attached hydrogens (tertiary/aromatic N) is 1. The molecule has 0 heterocycles.